The molecule has 0 atom stereocenters. The van der Waals surface area contributed by atoms with Gasteiger partial charge in [0.05, 0.1) is 49.3 Å². The second-order valence-corrected chi connectivity index (χ2v) is 7.87. The van der Waals surface area contributed by atoms with Gasteiger partial charge in [-0.25, -0.2) is 9.80 Å². The van der Waals surface area contributed by atoms with Crippen LogP contribution in [0.25, 0.3) is 0 Å². The number of rotatable bonds is 7. The van der Waals surface area contributed by atoms with Gasteiger partial charge in [-0.15, -0.1) is 0 Å². The Morgan fingerprint density at radius 3 is 1.14 bits per heavy atom. The van der Waals surface area contributed by atoms with Crippen LogP contribution in [0.5, 0.6) is 0 Å². The van der Waals surface area contributed by atoms with Crippen LogP contribution in [0.3, 0.4) is 0 Å². The first-order chi connectivity index (χ1) is 17.3. The van der Waals surface area contributed by atoms with Crippen LogP contribution >= 0.6 is 0 Å². The van der Waals surface area contributed by atoms with E-state index in [1.165, 1.54) is 24.3 Å². The molecule has 0 saturated carbocycles. The number of ether oxygens (including phenoxy) is 2. The number of fused-ring (bicyclic) bond motifs is 2. The predicted octanol–water partition coefficient (Wildman–Crippen LogP) is 2.47. The minimum absolute atomic E-state index is 0.0123. The molecular weight excluding hydrogens is 468 g/mol. The van der Waals surface area contributed by atoms with Crippen molar-refractivity contribution in [2.24, 2.45) is 0 Å². The maximum absolute atomic E-state index is 12.9. The molecular formula is C26H20N2O8. The van der Waals surface area contributed by atoms with Crippen LogP contribution in [0, 0.1) is 0 Å². The molecule has 0 spiro atoms. The van der Waals surface area contributed by atoms with Crippen molar-refractivity contribution < 1.29 is 38.2 Å². The smallest absolute Gasteiger partial charge is 0.310 e. The lowest BCUT2D eigenvalue weighted by Crippen LogP contribution is -2.27. The van der Waals surface area contributed by atoms with Gasteiger partial charge in [-0.2, -0.15) is 0 Å². The van der Waals surface area contributed by atoms with Crippen LogP contribution < -0.4 is 0 Å². The van der Waals surface area contributed by atoms with Gasteiger partial charge in [-0.05, 0) is 35.4 Å². The van der Waals surface area contributed by atoms with Crippen LogP contribution in [0.4, 0.5) is 0 Å². The highest BCUT2D eigenvalue weighted by Gasteiger charge is 2.37. The maximum Gasteiger partial charge on any atom is 0.310 e. The SMILES string of the molecule is COC(=O)CC(=C/N1C(=O)c2ccccc2C1=O)/C(=C\N1C(=O)c2ccccc2C1=O)CC(=O)OC. The van der Waals surface area contributed by atoms with Crippen LogP contribution in [-0.2, 0) is 19.1 Å². The average molecular weight is 488 g/mol. The van der Waals surface area contributed by atoms with Crippen molar-refractivity contribution in [2.45, 2.75) is 12.8 Å². The van der Waals surface area contributed by atoms with Crippen LogP contribution in [0.2, 0.25) is 0 Å². The first kappa shape index (κ1) is 24.3. The zero-order valence-electron chi connectivity index (χ0n) is 19.3. The summed E-state index contributed by atoms with van der Waals surface area (Å²) in [6.07, 6.45) is 1.31. The highest BCUT2D eigenvalue weighted by atomic mass is 16.5. The molecule has 0 radical (unpaired) electrons. The van der Waals surface area contributed by atoms with Gasteiger partial charge in [0.2, 0.25) is 0 Å². The van der Waals surface area contributed by atoms with Gasteiger partial charge in [0.25, 0.3) is 23.6 Å². The second kappa shape index (κ2) is 9.79. The standard InChI is InChI=1S/C26H20N2O8/c1-35-21(29)11-15(13-27-23(31)17-7-3-4-8-18(17)24(27)32)16(12-22(30)36-2)14-28-25(33)19-9-5-6-10-20(19)26(28)34/h3-10,13-14H,11-12H2,1-2H3/b15-13-,16-14-. The summed E-state index contributed by atoms with van der Waals surface area (Å²) >= 11 is 0. The zero-order chi connectivity index (χ0) is 26.0. The monoisotopic (exact) mass is 488 g/mol. The molecule has 2 aromatic rings. The molecule has 4 amide bonds. The molecule has 0 N–H and O–H groups in total. The zero-order valence-corrected chi connectivity index (χ0v) is 19.3. The van der Waals surface area contributed by atoms with E-state index in [0.717, 1.165) is 36.4 Å². The molecule has 10 nitrogen and oxygen atoms in total. The van der Waals surface area contributed by atoms with Crippen LogP contribution in [0.15, 0.2) is 72.1 Å². The van der Waals surface area contributed by atoms with Crippen molar-refractivity contribution in [1.29, 1.82) is 0 Å². The molecule has 0 unspecified atom stereocenters. The highest BCUT2D eigenvalue weighted by molar-refractivity contribution is 6.23. The number of amides is 4. The maximum atomic E-state index is 12.9. The summed E-state index contributed by atoms with van der Waals surface area (Å²) in [4.78, 5) is 77.8. The Labute approximate surface area is 205 Å². The number of hydrogen-bond donors (Lipinski definition) is 0. The molecule has 0 aliphatic carbocycles. The summed E-state index contributed by atoms with van der Waals surface area (Å²) in [5.41, 5.74) is 0.728. The Balaban J connectivity index is 1.81. The van der Waals surface area contributed by atoms with E-state index in [-0.39, 0.29) is 33.4 Å². The van der Waals surface area contributed by atoms with E-state index >= 15 is 0 Å². The lowest BCUT2D eigenvalue weighted by molar-refractivity contribution is -0.141. The quantitative estimate of drug-likeness (QED) is 0.330. The third-order valence-electron chi connectivity index (χ3n) is 5.76. The highest BCUT2D eigenvalue weighted by Crippen LogP contribution is 2.29. The van der Waals surface area contributed by atoms with E-state index in [4.69, 9.17) is 9.47 Å². The summed E-state index contributed by atoms with van der Waals surface area (Å²) < 4.78 is 9.49. The fourth-order valence-corrected chi connectivity index (χ4v) is 3.90. The van der Waals surface area contributed by atoms with Gasteiger partial charge in [0.15, 0.2) is 0 Å². The number of methoxy groups -OCH3 is 2. The third-order valence-corrected chi connectivity index (χ3v) is 5.76. The molecule has 0 saturated heterocycles. The second-order valence-electron chi connectivity index (χ2n) is 7.87. The van der Waals surface area contributed by atoms with Crippen molar-refractivity contribution in [2.75, 3.05) is 14.2 Å². The van der Waals surface area contributed by atoms with Gasteiger partial charge in [-0.3, -0.25) is 28.8 Å². The summed E-state index contributed by atoms with van der Waals surface area (Å²) in [6, 6.07) is 12.4. The van der Waals surface area contributed by atoms with Gasteiger partial charge in [0.1, 0.15) is 0 Å². The lowest BCUT2D eigenvalue weighted by atomic mass is 10.0. The van der Waals surface area contributed by atoms with Crippen molar-refractivity contribution >= 4 is 35.6 Å². The number of benzene rings is 2. The molecule has 0 bridgehead atoms. The summed E-state index contributed by atoms with van der Waals surface area (Å²) in [6.45, 7) is 0. The summed E-state index contributed by atoms with van der Waals surface area (Å²) in [5, 5.41) is 0. The van der Waals surface area contributed by atoms with Crippen molar-refractivity contribution in [1.82, 2.24) is 9.80 Å². The molecule has 2 aliphatic rings. The average Bonchev–Trinajstić information content (AvgIpc) is 3.28. The largest absolute Gasteiger partial charge is 0.469 e. The molecule has 4 rings (SSSR count). The number of nitrogens with zero attached hydrogens (tertiary/aromatic N) is 2. The van der Waals surface area contributed by atoms with Gasteiger partial charge in [-0.1, -0.05) is 24.3 Å². The molecule has 2 heterocycles. The van der Waals surface area contributed by atoms with E-state index in [2.05, 4.69) is 0 Å². The van der Waals surface area contributed by atoms with E-state index < -0.39 is 48.4 Å². The van der Waals surface area contributed by atoms with E-state index in [1.54, 1.807) is 24.3 Å². The fourth-order valence-electron chi connectivity index (χ4n) is 3.90. The molecule has 36 heavy (non-hydrogen) atoms. The van der Waals surface area contributed by atoms with Crippen molar-refractivity contribution in [3.8, 4) is 0 Å². The van der Waals surface area contributed by atoms with Crippen molar-refractivity contribution in [3.63, 3.8) is 0 Å². The number of imide groups is 2. The van der Waals surface area contributed by atoms with E-state index in [1.807, 2.05) is 0 Å². The predicted molar refractivity (Wildman–Crippen MR) is 123 cm³/mol. The Kier molecular flexibility index (Phi) is 6.60. The van der Waals surface area contributed by atoms with E-state index in [0.29, 0.717) is 0 Å². The van der Waals surface area contributed by atoms with E-state index in [9.17, 15) is 28.8 Å². The molecule has 10 heteroatoms. The van der Waals surface area contributed by atoms with Gasteiger partial charge >= 0.3 is 11.9 Å². The minimum Gasteiger partial charge on any atom is -0.469 e. The number of esters is 2. The molecule has 2 aliphatic heterocycles. The Bertz CT molecular complexity index is 1210. The molecule has 0 fully saturated rings. The minimum atomic E-state index is -0.740. The topological polar surface area (TPSA) is 127 Å². The lowest BCUT2D eigenvalue weighted by Gasteiger charge is -2.17. The number of carbonyl (C=O) groups is 6. The fraction of sp³-hybridized carbons (Fsp3) is 0.154. The summed E-state index contributed by atoms with van der Waals surface area (Å²) in [5.74, 6) is -3.99. The number of hydrogen-bond acceptors (Lipinski definition) is 8. The van der Waals surface area contributed by atoms with Crippen LogP contribution in [0.1, 0.15) is 54.3 Å². The molecule has 2 aromatic carbocycles. The van der Waals surface area contributed by atoms with Gasteiger partial charge < -0.3 is 9.47 Å². The Morgan fingerprint density at radius 2 is 0.889 bits per heavy atom. The molecule has 182 valence electrons. The Hall–Kier alpha value is -4.86. The van der Waals surface area contributed by atoms with Gasteiger partial charge in [0, 0.05) is 12.4 Å². The third kappa shape index (κ3) is 4.31. The normalized spacial score (nSPS) is 15.3. The summed E-state index contributed by atoms with van der Waals surface area (Å²) in [7, 11) is 2.30. The first-order valence-corrected chi connectivity index (χ1v) is 10.8. The molecule has 0 aromatic heterocycles. The Morgan fingerprint density at radius 1 is 0.611 bits per heavy atom. The van der Waals surface area contributed by atoms with Crippen molar-refractivity contribution in [3.05, 3.63) is 94.3 Å². The van der Waals surface area contributed by atoms with Crippen LogP contribution in [-0.4, -0.2) is 59.6 Å². The number of carbonyl (C=O) groups excluding carboxylic acids is 6. The first-order valence-electron chi connectivity index (χ1n) is 10.8.